The Morgan fingerprint density at radius 1 is 1.00 bits per heavy atom. The van der Waals surface area contributed by atoms with Gasteiger partial charge in [-0.25, -0.2) is 0 Å². The fraction of sp³-hybridized carbons (Fsp3) is 0.667. The van der Waals surface area contributed by atoms with Crippen molar-refractivity contribution in [3.63, 3.8) is 0 Å². The molecule has 1 heterocycles. The van der Waals surface area contributed by atoms with Crippen LogP contribution in [0.1, 0.15) is 0 Å². The molecule has 2 amide bonds. The van der Waals surface area contributed by atoms with Crippen LogP contribution < -0.4 is 0 Å². The molecule has 5 nitrogen and oxygen atoms in total. The molecule has 11 heavy (non-hydrogen) atoms. The van der Waals surface area contributed by atoms with Gasteiger partial charge in [0.15, 0.2) is 0 Å². The van der Waals surface area contributed by atoms with Gasteiger partial charge in [0.25, 0.3) is 0 Å². The lowest BCUT2D eigenvalue weighted by atomic mass is 10.6. The van der Waals surface area contributed by atoms with E-state index in [9.17, 15) is 9.59 Å². The van der Waals surface area contributed by atoms with Crippen LogP contribution in [0.3, 0.4) is 0 Å². The van der Waals surface area contributed by atoms with Crippen molar-refractivity contribution in [2.75, 3.05) is 27.1 Å². The van der Waals surface area contributed by atoms with Gasteiger partial charge >= 0.3 is 0 Å². The smallest absolute Gasteiger partial charge is 0.212 e. The minimum atomic E-state index is 0.400. The van der Waals surface area contributed by atoms with Crippen molar-refractivity contribution in [2.24, 2.45) is 0 Å². The lowest BCUT2D eigenvalue weighted by Gasteiger charge is -2.36. The summed E-state index contributed by atoms with van der Waals surface area (Å²) in [5.41, 5.74) is 0. The molecular weight excluding hydrogens is 146 g/mol. The van der Waals surface area contributed by atoms with Crippen molar-refractivity contribution >= 4 is 12.8 Å². The van der Waals surface area contributed by atoms with Gasteiger partial charge in [0.05, 0.1) is 20.0 Å². The van der Waals surface area contributed by atoms with Crippen molar-refractivity contribution in [3.8, 4) is 0 Å². The fourth-order valence-electron chi connectivity index (χ4n) is 1.12. The third-order valence-electron chi connectivity index (χ3n) is 1.51. The molecule has 1 fully saturated rings. The molecule has 62 valence electrons. The molecule has 1 aliphatic heterocycles. The summed E-state index contributed by atoms with van der Waals surface area (Å²) in [6, 6.07) is 0. The summed E-state index contributed by atoms with van der Waals surface area (Å²) in [5.74, 6) is 0. The van der Waals surface area contributed by atoms with Gasteiger partial charge in [-0.1, -0.05) is 0 Å². The Morgan fingerprint density at radius 3 is 1.82 bits per heavy atom. The van der Waals surface area contributed by atoms with Crippen molar-refractivity contribution in [3.05, 3.63) is 0 Å². The molecule has 0 radical (unpaired) electrons. The van der Waals surface area contributed by atoms with Crippen molar-refractivity contribution in [2.45, 2.75) is 0 Å². The minimum Gasteiger partial charge on any atom is -0.314 e. The highest BCUT2D eigenvalue weighted by molar-refractivity contribution is 5.51. The molecule has 5 heteroatoms. The highest BCUT2D eigenvalue weighted by Crippen LogP contribution is 1.99. The van der Waals surface area contributed by atoms with Gasteiger partial charge in [-0.3, -0.25) is 14.5 Å². The van der Waals surface area contributed by atoms with Crippen molar-refractivity contribution in [1.29, 1.82) is 0 Å². The molecule has 1 aliphatic rings. The van der Waals surface area contributed by atoms with Crippen LogP contribution in [0.25, 0.3) is 0 Å². The summed E-state index contributed by atoms with van der Waals surface area (Å²) in [6.07, 6.45) is 1.48. The van der Waals surface area contributed by atoms with E-state index in [2.05, 4.69) is 0 Å². The van der Waals surface area contributed by atoms with E-state index in [1.807, 2.05) is 11.9 Å². The maximum atomic E-state index is 10.3. The van der Waals surface area contributed by atoms with E-state index in [4.69, 9.17) is 0 Å². The van der Waals surface area contributed by atoms with Gasteiger partial charge in [0, 0.05) is 0 Å². The number of rotatable bonds is 2. The van der Waals surface area contributed by atoms with E-state index < -0.39 is 0 Å². The van der Waals surface area contributed by atoms with E-state index in [-0.39, 0.29) is 0 Å². The second-order valence-corrected chi connectivity index (χ2v) is 2.67. The number of carbonyl (C=O) groups excluding carboxylic acids is 2. The maximum Gasteiger partial charge on any atom is 0.212 e. The summed E-state index contributed by atoms with van der Waals surface area (Å²) in [5, 5.41) is 0. The average Bonchev–Trinajstić information content (AvgIpc) is 2.03. The molecule has 0 saturated carbocycles. The zero-order chi connectivity index (χ0) is 8.27. The summed E-state index contributed by atoms with van der Waals surface area (Å²) >= 11 is 0. The fourth-order valence-corrected chi connectivity index (χ4v) is 1.12. The predicted octanol–water partition coefficient (Wildman–Crippen LogP) is -1.28. The van der Waals surface area contributed by atoms with Gasteiger partial charge < -0.3 is 9.80 Å². The third kappa shape index (κ3) is 1.91. The Hall–Kier alpha value is -1.10. The van der Waals surface area contributed by atoms with Crippen LogP contribution in [-0.4, -0.2) is 54.6 Å². The largest absolute Gasteiger partial charge is 0.314 e. The molecule has 0 spiro atoms. The third-order valence-corrected chi connectivity index (χ3v) is 1.51. The highest BCUT2D eigenvalue weighted by atomic mass is 16.1. The van der Waals surface area contributed by atoms with Crippen LogP contribution >= 0.6 is 0 Å². The SMILES string of the molecule is CN1CN(C=O)CN(C=O)C1. The van der Waals surface area contributed by atoms with Crippen molar-refractivity contribution < 1.29 is 9.59 Å². The lowest BCUT2D eigenvalue weighted by Crippen LogP contribution is -2.52. The van der Waals surface area contributed by atoms with E-state index >= 15 is 0 Å². The Bertz CT molecular complexity index is 146. The number of carbonyl (C=O) groups is 2. The van der Waals surface area contributed by atoms with E-state index in [0.717, 1.165) is 12.8 Å². The number of hydrogen-bond donors (Lipinski definition) is 0. The van der Waals surface area contributed by atoms with Crippen LogP contribution in [0.5, 0.6) is 0 Å². The van der Waals surface area contributed by atoms with Gasteiger partial charge in [-0.15, -0.1) is 0 Å². The van der Waals surface area contributed by atoms with E-state index in [0.29, 0.717) is 20.0 Å². The van der Waals surface area contributed by atoms with Gasteiger partial charge in [-0.2, -0.15) is 0 Å². The number of nitrogens with zero attached hydrogens (tertiary/aromatic N) is 3. The first-order valence-electron chi connectivity index (χ1n) is 3.33. The summed E-state index contributed by atoms with van der Waals surface area (Å²) in [6.45, 7) is 1.58. The van der Waals surface area contributed by atoms with Crippen LogP contribution in [0, 0.1) is 0 Å². The molecule has 1 rings (SSSR count). The second-order valence-electron chi connectivity index (χ2n) is 2.67. The quantitative estimate of drug-likeness (QED) is 0.469. The monoisotopic (exact) mass is 157 g/mol. The average molecular weight is 157 g/mol. The first-order chi connectivity index (χ1) is 5.26. The lowest BCUT2D eigenvalue weighted by molar-refractivity contribution is -0.135. The van der Waals surface area contributed by atoms with Crippen molar-refractivity contribution in [1.82, 2.24) is 14.7 Å². The Morgan fingerprint density at radius 2 is 1.45 bits per heavy atom. The van der Waals surface area contributed by atoms with Gasteiger partial charge in [0.1, 0.15) is 0 Å². The first-order valence-corrected chi connectivity index (χ1v) is 3.33. The summed E-state index contributed by atoms with van der Waals surface area (Å²) < 4.78 is 0. The van der Waals surface area contributed by atoms with Crippen LogP contribution in [0.15, 0.2) is 0 Å². The van der Waals surface area contributed by atoms with Crippen LogP contribution in [0.4, 0.5) is 0 Å². The van der Waals surface area contributed by atoms with Gasteiger partial charge in [0.2, 0.25) is 12.8 Å². The highest BCUT2D eigenvalue weighted by Gasteiger charge is 2.17. The second kappa shape index (κ2) is 3.34. The molecule has 0 aromatic rings. The first kappa shape index (κ1) is 8.00. The van der Waals surface area contributed by atoms with Gasteiger partial charge in [-0.05, 0) is 7.05 Å². The standard InChI is InChI=1S/C6H11N3O2/c1-7-2-8(5-10)4-9(3-7)6-11/h5-6H,2-4H2,1H3. The Balaban J connectivity index is 2.49. The molecule has 1 saturated heterocycles. The molecule has 0 bridgehead atoms. The zero-order valence-electron chi connectivity index (χ0n) is 6.43. The topological polar surface area (TPSA) is 43.9 Å². The molecule has 0 aromatic carbocycles. The molecule has 0 atom stereocenters. The van der Waals surface area contributed by atoms with E-state index in [1.165, 1.54) is 9.80 Å². The molecule has 0 unspecified atom stereocenters. The number of hydrogen-bond acceptors (Lipinski definition) is 3. The summed E-state index contributed by atoms with van der Waals surface area (Å²) in [7, 11) is 1.85. The normalized spacial score (nSPS) is 20.1. The zero-order valence-corrected chi connectivity index (χ0v) is 6.43. The van der Waals surface area contributed by atoms with Crippen LogP contribution in [-0.2, 0) is 9.59 Å². The molecule has 0 aliphatic carbocycles. The minimum absolute atomic E-state index is 0.400. The van der Waals surface area contributed by atoms with E-state index in [1.54, 1.807) is 0 Å². The molecule has 0 N–H and O–H groups in total. The summed E-state index contributed by atoms with van der Waals surface area (Å²) in [4.78, 5) is 25.6. The molecular formula is C6H11N3O2. The maximum absolute atomic E-state index is 10.3. The molecule has 0 aromatic heterocycles. The Kier molecular flexibility index (Phi) is 2.43. The number of amides is 2. The van der Waals surface area contributed by atoms with Crippen LogP contribution in [0.2, 0.25) is 0 Å². The predicted molar refractivity (Wildman–Crippen MR) is 38.2 cm³/mol. The Labute approximate surface area is 65.2 Å².